The molecule has 3 aliphatic heterocycles. The van der Waals surface area contributed by atoms with Crippen LogP contribution in [-0.4, -0.2) is 81.8 Å². The molecule has 3 amide bonds. The molecular formula is C53H57ClN8O6. The Morgan fingerprint density at radius 1 is 0.559 bits per heavy atom. The van der Waals surface area contributed by atoms with Crippen LogP contribution in [0.1, 0.15) is 82.9 Å². The predicted octanol–water partition coefficient (Wildman–Crippen LogP) is 3.66. The van der Waals surface area contributed by atoms with Crippen molar-refractivity contribution in [1.82, 2.24) is 15.6 Å². The van der Waals surface area contributed by atoms with Crippen molar-refractivity contribution in [2.24, 2.45) is 0 Å². The van der Waals surface area contributed by atoms with Gasteiger partial charge in [-0.05, 0) is 103 Å². The van der Waals surface area contributed by atoms with E-state index in [0.29, 0.717) is 22.4 Å². The highest BCUT2D eigenvalue weighted by Crippen LogP contribution is 2.23. The number of carbonyl (C=O) groups excluding carboxylic acids is 3. The number of hydrogen-bond donors (Lipinski definition) is 6. The highest BCUT2D eigenvalue weighted by molar-refractivity contribution is 6.05. The summed E-state index contributed by atoms with van der Waals surface area (Å²) in [4.78, 5) is 40.4. The van der Waals surface area contributed by atoms with E-state index in [4.69, 9.17) is 19.5 Å². The van der Waals surface area contributed by atoms with Gasteiger partial charge in [0.2, 0.25) is 0 Å². The maximum absolute atomic E-state index is 12.2. The standard InChI is InChI=1S/2C18H20N2O2.C17H16N4O2.ClH/c2*1-13-2-4-15(5-3-13)18(21)20-16-8-6-14(7-9-16)17-12-19-10-11-22-17;18-9-15-6-3-13(10-20-15)17(22)21-14-4-1-12(2-5-14)16-11-19-7-8-23-16;/h2*2-9,17,19H,10-12H2,1H3,(H,20,21);1-6,10,16,19H,7-8,11H2,(H,21,22);1H/t2*17-;;/m10../s1. The highest BCUT2D eigenvalue weighted by atomic mass is 35.5. The lowest BCUT2D eigenvalue weighted by Gasteiger charge is -2.24. The Bertz CT molecular complexity index is 2440. The van der Waals surface area contributed by atoms with Gasteiger partial charge >= 0.3 is 0 Å². The molecule has 4 heterocycles. The van der Waals surface area contributed by atoms with Gasteiger partial charge in [-0.15, -0.1) is 0 Å². The number of rotatable bonds is 9. The lowest BCUT2D eigenvalue weighted by Crippen LogP contribution is -3.00. The number of halogens is 1. The minimum absolute atomic E-state index is 0. The van der Waals surface area contributed by atoms with Crippen molar-refractivity contribution < 1.29 is 46.3 Å². The van der Waals surface area contributed by atoms with Gasteiger partial charge in [0.1, 0.15) is 24.4 Å². The van der Waals surface area contributed by atoms with Gasteiger partial charge in [0, 0.05) is 60.6 Å². The van der Waals surface area contributed by atoms with E-state index in [1.165, 1.54) is 12.3 Å². The number of aryl methyl sites for hydroxylation is 2. The number of quaternary nitrogens is 1. The zero-order valence-corrected chi connectivity index (χ0v) is 38.9. The maximum Gasteiger partial charge on any atom is 0.257 e. The fourth-order valence-corrected chi connectivity index (χ4v) is 7.38. The van der Waals surface area contributed by atoms with Crippen LogP contribution in [-0.2, 0) is 14.2 Å². The number of ether oxygens (including phenoxy) is 3. The van der Waals surface area contributed by atoms with Crippen molar-refractivity contribution >= 4 is 34.8 Å². The van der Waals surface area contributed by atoms with Crippen LogP contribution in [0.2, 0.25) is 0 Å². The molecule has 14 nitrogen and oxygen atoms in total. The Hall–Kier alpha value is -6.80. The summed E-state index contributed by atoms with van der Waals surface area (Å²) in [6, 6.07) is 43.4. The van der Waals surface area contributed by atoms with Gasteiger partial charge in [-0.25, -0.2) is 4.98 Å². The van der Waals surface area contributed by atoms with E-state index in [9.17, 15) is 14.4 Å². The van der Waals surface area contributed by atoms with E-state index < -0.39 is 0 Å². The molecule has 3 fully saturated rings. The molecule has 1 unspecified atom stereocenters. The summed E-state index contributed by atoms with van der Waals surface area (Å²) in [6.07, 6.45) is 1.69. The predicted molar refractivity (Wildman–Crippen MR) is 258 cm³/mol. The van der Waals surface area contributed by atoms with Crippen LogP contribution in [0, 0.1) is 25.2 Å². The molecule has 0 bridgehead atoms. The monoisotopic (exact) mass is 936 g/mol. The summed E-state index contributed by atoms with van der Waals surface area (Å²) in [5.41, 5.74) is 9.96. The Kier molecular flexibility index (Phi) is 19.3. The van der Waals surface area contributed by atoms with E-state index in [-0.39, 0.29) is 54.1 Å². The first-order valence-electron chi connectivity index (χ1n) is 22.5. The normalized spacial score (nSPS) is 17.5. The summed E-state index contributed by atoms with van der Waals surface area (Å²) < 4.78 is 17.2. The third kappa shape index (κ3) is 15.1. The molecular weight excluding hydrogens is 880 g/mol. The average Bonchev–Trinajstić information content (AvgIpc) is 3.38. The van der Waals surface area contributed by atoms with E-state index in [1.54, 1.807) is 6.07 Å². The lowest BCUT2D eigenvalue weighted by molar-refractivity contribution is -0.678. The summed E-state index contributed by atoms with van der Waals surface area (Å²) in [6.45, 7) is 11.6. The van der Waals surface area contributed by atoms with Crippen molar-refractivity contribution in [3.8, 4) is 6.07 Å². The first-order valence-corrected chi connectivity index (χ1v) is 22.5. The number of carbonyl (C=O) groups is 3. The topological polar surface area (TPSA) is 192 Å². The second-order valence-electron chi connectivity index (χ2n) is 16.3. The molecule has 7 N–H and O–H groups in total. The van der Waals surface area contributed by atoms with E-state index in [2.05, 4.69) is 36.9 Å². The maximum atomic E-state index is 12.2. The quantitative estimate of drug-likeness (QED) is 0.125. The third-order valence-electron chi connectivity index (χ3n) is 11.3. The molecule has 0 saturated carbocycles. The second-order valence-corrected chi connectivity index (χ2v) is 16.3. The van der Waals surface area contributed by atoms with E-state index in [0.717, 1.165) is 98.3 Å². The Morgan fingerprint density at radius 3 is 1.31 bits per heavy atom. The number of aromatic nitrogens is 1. The number of nitrogens with two attached hydrogens (primary N) is 1. The molecule has 352 valence electrons. The highest BCUT2D eigenvalue weighted by Gasteiger charge is 2.19. The molecule has 15 heteroatoms. The minimum Gasteiger partial charge on any atom is -1.00 e. The fraction of sp³-hybridized carbons (Fsp3) is 0.264. The van der Waals surface area contributed by atoms with Gasteiger partial charge in [0.25, 0.3) is 17.7 Å². The van der Waals surface area contributed by atoms with Gasteiger partial charge in [-0.2, -0.15) is 5.26 Å². The number of pyridine rings is 1. The van der Waals surface area contributed by atoms with Crippen LogP contribution in [0.25, 0.3) is 0 Å². The third-order valence-corrected chi connectivity index (χ3v) is 11.3. The summed E-state index contributed by atoms with van der Waals surface area (Å²) in [5, 5.41) is 26.2. The lowest BCUT2D eigenvalue weighted by atomic mass is 10.1. The molecule has 68 heavy (non-hydrogen) atoms. The molecule has 3 aliphatic rings. The second kappa shape index (κ2) is 25.9. The van der Waals surface area contributed by atoms with Crippen LogP contribution in [0.3, 0.4) is 0 Å². The summed E-state index contributed by atoms with van der Waals surface area (Å²) >= 11 is 0. The zero-order valence-electron chi connectivity index (χ0n) is 38.2. The number of morpholine rings is 3. The van der Waals surface area contributed by atoms with Gasteiger partial charge < -0.3 is 58.5 Å². The first-order chi connectivity index (χ1) is 32.7. The van der Waals surface area contributed by atoms with Crippen molar-refractivity contribution in [3.05, 3.63) is 190 Å². The van der Waals surface area contributed by atoms with Crippen LogP contribution >= 0.6 is 0 Å². The molecule has 0 radical (unpaired) electrons. The first kappa shape index (κ1) is 50.6. The van der Waals surface area contributed by atoms with Gasteiger partial charge in [-0.3, -0.25) is 14.4 Å². The van der Waals surface area contributed by atoms with Crippen LogP contribution in [0.4, 0.5) is 17.1 Å². The molecule has 0 spiro atoms. The van der Waals surface area contributed by atoms with Crippen LogP contribution < -0.4 is 44.3 Å². The van der Waals surface area contributed by atoms with E-state index >= 15 is 0 Å². The fourth-order valence-electron chi connectivity index (χ4n) is 7.38. The number of nitrogens with one attached hydrogen (secondary N) is 5. The van der Waals surface area contributed by atoms with Gasteiger partial charge in [-0.1, -0.05) is 71.8 Å². The minimum atomic E-state index is -0.253. The number of nitrogens with zero attached hydrogens (tertiary/aromatic N) is 2. The number of benzene rings is 5. The number of amides is 3. The molecule has 1 aromatic heterocycles. The SMILES string of the molecule is Cc1ccc(C(=O)Nc2ccc([C@@H]3CNCCO3)cc2)cc1.Cc1ccc(C(=O)Nc2ccc([C@H]3CNCCO3)cc2)cc1.N#Cc1ccc(C(=O)Nc2ccc(C3C[NH2+]CCO3)cc2)cn1.[Cl-]. The summed E-state index contributed by atoms with van der Waals surface area (Å²) in [5.74, 6) is -0.441. The number of hydrogen-bond acceptors (Lipinski definition) is 10. The molecule has 6 aromatic rings. The van der Waals surface area contributed by atoms with Crippen LogP contribution in [0.5, 0.6) is 0 Å². The van der Waals surface area contributed by atoms with Gasteiger partial charge in [0.05, 0.1) is 44.1 Å². The molecule has 5 aromatic carbocycles. The molecule has 9 rings (SSSR count). The summed E-state index contributed by atoms with van der Waals surface area (Å²) in [7, 11) is 0. The number of nitriles is 1. The Morgan fingerprint density at radius 2 is 0.956 bits per heavy atom. The van der Waals surface area contributed by atoms with Crippen molar-refractivity contribution in [2.75, 3.05) is 75.0 Å². The average molecular weight is 938 g/mol. The van der Waals surface area contributed by atoms with Crippen LogP contribution in [0.15, 0.2) is 140 Å². The number of anilines is 3. The molecule has 3 saturated heterocycles. The Balaban J connectivity index is 0.000000167. The van der Waals surface area contributed by atoms with Crippen molar-refractivity contribution in [3.63, 3.8) is 0 Å². The molecule has 3 atom stereocenters. The largest absolute Gasteiger partial charge is 1.00 e. The van der Waals surface area contributed by atoms with Crippen molar-refractivity contribution in [2.45, 2.75) is 32.2 Å². The van der Waals surface area contributed by atoms with Crippen molar-refractivity contribution in [1.29, 1.82) is 5.26 Å². The smallest absolute Gasteiger partial charge is 0.257 e. The van der Waals surface area contributed by atoms with E-state index in [1.807, 2.05) is 141 Å². The zero-order chi connectivity index (χ0) is 46.8. The Labute approximate surface area is 403 Å². The molecule has 0 aliphatic carbocycles. The van der Waals surface area contributed by atoms with Gasteiger partial charge in [0.15, 0.2) is 0 Å².